The Bertz CT molecular complexity index is 196. The molecule has 0 aromatic rings. The van der Waals surface area contributed by atoms with Gasteiger partial charge in [0.25, 0.3) is 0 Å². The van der Waals surface area contributed by atoms with Crippen molar-refractivity contribution >= 4 is 0 Å². The highest BCUT2D eigenvalue weighted by molar-refractivity contribution is 4.99. The average molecular weight is 196 g/mol. The van der Waals surface area contributed by atoms with Gasteiger partial charge in [0.1, 0.15) is 0 Å². The fourth-order valence-corrected chi connectivity index (χ4v) is 2.61. The Labute approximate surface area is 87.8 Å². The minimum absolute atomic E-state index is 0.287. The maximum absolute atomic E-state index is 5.94. The van der Waals surface area contributed by atoms with Gasteiger partial charge in [-0.05, 0) is 51.5 Å². The van der Waals surface area contributed by atoms with Crippen LogP contribution in [-0.2, 0) is 0 Å². The van der Waals surface area contributed by atoms with Gasteiger partial charge in [0.2, 0.25) is 0 Å². The normalized spacial score (nSPS) is 27.4. The first kappa shape index (κ1) is 10.4. The molecular formula is C12H24N2. The molecule has 2 heteroatoms. The number of nitrogens with zero attached hydrogens (tertiary/aromatic N) is 1. The van der Waals surface area contributed by atoms with Gasteiger partial charge in [-0.1, -0.05) is 6.42 Å². The Morgan fingerprint density at radius 2 is 1.93 bits per heavy atom. The summed E-state index contributed by atoms with van der Waals surface area (Å²) in [6, 6.07) is 0. The summed E-state index contributed by atoms with van der Waals surface area (Å²) in [5.74, 6) is 1.84. The molecular weight excluding hydrogens is 172 g/mol. The highest BCUT2D eigenvalue weighted by Gasteiger charge is 2.43. The van der Waals surface area contributed by atoms with Crippen molar-refractivity contribution in [3.05, 3.63) is 0 Å². The molecule has 0 aromatic heterocycles. The van der Waals surface area contributed by atoms with Crippen molar-refractivity contribution in [2.24, 2.45) is 17.6 Å². The molecule has 0 spiro atoms. The summed E-state index contributed by atoms with van der Waals surface area (Å²) < 4.78 is 0. The Morgan fingerprint density at radius 1 is 1.29 bits per heavy atom. The average Bonchev–Trinajstić information content (AvgIpc) is 2.92. The second-order valence-electron chi connectivity index (χ2n) is 5.51. The molecule has 2 saturated carbocycles. The maximum Gasteiger partial charge on any atom is 0.0328 e. The molecule has 2 aliphatic carbocycles. The summed E-state index contributed by atoms with van der Waals surface area (Å²) in [7, 11) is 2.27. The van der Waals surface area contributed by atoms with E-state index in [0.717, 1.165) is 18.4 Å². The zero-order valence-electron chi connectivity index (χ0n) is 9.63. The number of likely N-dealkylation sites (N-methyl/N-ethyl adjacent to an activating group) is 1. The van der Waals surface area contributed by atoms with Crippen molar-refractivity contribution in [1.82, 2.24) is 4.90 Å². The standard InChI is InChI=1S/C12H24N2/c1-12(9-13,11-6-7-11)14(2)8-10-4-3-5-10/h10-11H,3-9,13H2,1-2H3. The van der Waals surface area contributed by atoms with Crippen LogP contribution in [0.1, 0.15) is 39.0 Å². The van der Waals surface area contributed by atoms with E-state index in [1.165, 1.54) is 38.6 Å². The summed E-state index contributed by atoms with van der Waals surface area (Å²) in [4.78, 5) is 2.54. The van der Waals surface area contributed by atoms with Crippen LogP contribution in [0.15, 0.2) is 0 Å². The molecule has 0 radical (unpaired) electrons. The van der Waals surface area contributed by atoms with Crippen LogP contribution in [0.2, 0.25) is 0 Å². The van der Waals surface area contributed by atoms with E-state index in [-0.39, 0.29) is 5.54 Å². The Kier molecular flexibility index (Phi) is 2.85. The van der Waals surface area contributed by atoms with E-state index in [9.17, 15) is 0 Å². The van der Waals surface area contributed by atoms with Gasteiger partial charge in [-0.15, -0.1) is 0 Å². The molecule has 2 fully saturated rings. The molecule has 0 aromatic carbocycles. The predicted octanol–water partition coefficient (Wildman–Crippen LogP) is 1.85. The van der Waals surface area contributed by atoms with Crippen LogP contribution < -0.4 is 5.73 Å². The van der Waals surface area contributed by atoms with Crippen molar-refractivity contribution in [2.75, 3.05) is 20.1 Å². The third kappa shape index (κ3) is 1.82. The molecule has 2 rings (SSSR count). The Morgan fingerprint density at radius 3 is 2.29 bits per heavy atom. The third-order valence-corrected chi connectivity index (χ3v) is 4.50. The largest absolute Gasteiger partial charge is 0.329 e. The minimum Gasteiger partial charge on any atom is -0.329 e. The van der Waals surface area contributed by atoms with Gasteiger partial charge in [0, 0.05) is 18.6 Å². The van der Waals surface area contributed by atoms with Crippen LogP contribution in [-0.4, -0.2) is 30.6 Å². The first-order valence-corrected chi connectivity index (χ1v) is 6.08. The van der Waals surface area contributed by atoms with Crippen LogP contribution in [0, 0.1) is 11.8 Å². The summed E-state index contributed by atoms with van der Waals surface area (Å²) in [6.07, 6.45) is 7.11. The first-order chi connectivity index (χ1) is 6.66. The lowest BCUT2D eigenvalue weighted by Gasteiger charge is -2.42. The van der Waals surface area contributed by atoms with Crippen molar-refractivity contribution < 1.29 is 0 Å². The van der Waals surface area contributed by atoms with Gasteiger partial charge in [0.15, 0.2) is 0 Å². The van der Waals surface area contributed by atoms with Crippen LogP contribution in [0.25, 0.3) is 0 Å². The molecule has 1 unspecified atom stereocenters. The van der Waals surface area contributed by atoms with Gasteiger partial charge < -0.3 is 5.73 Å². The van der Waals surface area contributed by atoms with Crippen molar-refractivity contribution in [3.8, 4) is 0 Å². The van der Waals surface area contributed by atoms with Gasteiger partial charge in [-0.25, -0.2) is 0 Å². The van der Waals surface area contributed by atoms with Crippen LogP contribution >= 0.6 is 0 Å². The molecule has 0 heterocycles. The first-order valence-electron chi connectivity index (χ1n) is 6.08. The lowest BCUT2D eigenvalue weighted by atomic mass is 9.83. The van der Waals surface area contributed by atoms with Crippen molar-refractivity contribution in [3.63, 3.8) is 0 Å². The van der Waals surface area contributed by atoms with Crippen molar-refractivity contribution in [2.45, 2.75) is 44.6 Å². The quantitative estimate of drug-likeness (QED) is 0.727. The zero-order chi connectivity index (χ0) is 10.2. The van der Waals surface area contributed by atoms with E-state index < -0.39 is 0 Å². The van der Waals surface area contributed by atoms with Crippen LogP contribution in [0.4, 0.5) is 0 Å². The van der Waals surface area contributed by atoms with E-state index in [1.54, 1.807) is 0 Å². The predicted molar refractivity (Wildman–Crippen MR) is 60.2 cm³/mol. The van der Waals surface area contributed by atoms with E-state index >= 15 is 0 Å². The molecule has 0 aliphatic heterocycles. The van der Waals surface area contributed by atoms with E-state index in [0.29, 0.717) is 0 Å². The molecule has 2 nitrogen and oxygen atoms in total. The molecule has 14 heavy (non-hydrogen) atoms. The van der Waals surface area contributed by atoms with E-state index in [2.05, 4.69) is 18.9 Å². The van der Waals surface area contributed by atoms with Crippen LogP contribution in [0.5, 0.6) is 0 Å². The third-order valence-electron chi connectivity index (χ3n) is 4.50. The molecule has 0 amide bonds. The molecule has 82 valence electrons. The van der Waals surface area contributed by atoms with Gasteiger partial charge >= 0.3 is 0 Å². The summed E-state index contributed by atoms with van der Waals surface area (Å²) in [5.41, 5.74) is 6.23. The lowest BCUT2D eigenvalue weighted by molar-refractivity contribution is 0.0811. The van der Waals surface area contributed by atoms with Gasteiger partial charge in [-0.3, -0.25) is 4.90 Å². The number of rotatable bonds is 5. The Hall–Kier alpha value is -0.0800. The number of nitrogens with two attached hydrogens (primary N) is 1. The molecule has 2 N–H and O–H groups in total. The fourth-order valence-electron chi connectivity index (χ4n) is 2.61. The van der Waals surface area contributed by atoms with Gasteiger partial charge in [0.05, 0.1) is 0 Å². The molecule has 2 aliphatic rings. The summed E-state index contributed by atoms with van der Waals surface area (Å²) in [6.45, 7) is 4.44. The van der Waals surface area contributed by atoms with Crippen molar-refractivity contribution in [1.29, 1.82) is 0 Å². The van der Waals surface area contributed by atoms with E-state index in [1.807, 2.05) is 0 Å². The minimum atomic E-state index is 0.287. The highest BCUT2D eigenvalue weighted by Crippen LogP contribution is 2.43. The second kappa shape index (κ2) is 3.82. The summed E-state index contributed by atoms with van der Waals surface area (Å²) in [5, 5.41) is 0. The highest BCUT2D eigenvalue weighted by atomic mass is 15.2. The number of hydrogen-bond acceptors (Lipinski definition) is 2. The van der Waals surface area contributed by atoms with Crippen LogP contribution in [0.3, 0.4) is 0 Å². The lowest BCUT2D eigenvalue weighted by Crippen LogP contribution is -2.53. The molecule has 0 bridgehead atoms. The number of hydrogen-bond donors (Lipinski definition) is 1. The molecule has 1 atom stereocenters. The second-order valence-corrected chi connectivity index (χ2v) is 5.51. The smallest absolute Gasteiger partial charge is 0.0328 e. The molecule has 0 saturated heterocycles. The fraction of sp³-hybridized carbons (Fsp3) is 1.00. The van der Waals surface area contributed by atoms with Gasteiger partial charge in [-0.2, -0.15) is 0 Å². The maximum atomic E-state index is 5.94. The zero-order valence-corrected chi connectivity index (χ0v) is 9.63. The summed E-state index contributed by atoms with van der Waals surface area (Å²) >= 11 is 0. The monoisotopic (exact) mass is 196 g/mol. The Balaban J connectivity index is 1.88. The topological polar surface area (TPSA) is 29.3 Å². The van der Waals surface area contributed by atoms with E-state index in [4.69, 9.17) is 5.73 Å². The SMILES string of the molecule is CN(CC1CCC1)C(C)(CN)C1CC1.